The first kappa shape index (κ1) is 15.6. The van der Waals surface area contributed by atoms with Crippen molar-refractivity contribution in [3.8, 4) is 6.26 Å². The van der Waals surface area contributed by atoms with Gasteiger partial charge < -0.3 is 4.74 Å². The summed E-state index contributed by atoms with van der Waals surface area (Å²) in [5.41, 5.74) is 0. The molecule has 0 N–H and O–H groups in total. The van der Waals surface area contributed by atoms with E-state index in [-0.39, 0.29) is 21.6 Å². The molecule has 0 aromatic carbocycles. The highest BCUT2D eigenvalue weighted by Gasteiger charge is 1.69. The van der Waals surface area contributed by atoms with Crippen LogP contribution in [0.3, 0.4) is 0 Å². The van der Waals surface area contributed by atoms with Gasteiger partial charge in [-0.1, -0.05) is 14.9 Å². The van der Waals surface area contributed by atoms with Crippen molar-refractivity contribution < 1.29 is 9.53 Å². The predicted molar refractivity (Wildman–Crippen MR) is 33.1 cm³/mol. The van der Waals surface area contributed by atoms with E-state index in [2.05, 4.69) is 9.73 Å². The quantitative estimate of drug-likeness (QED) is 0.243. The number of nitrogens with zero attached hydrogens (tertiary/aromatic N) is 2. The highest BCUT2D eigenvalue weighted by molar-refractivity contribution is 5.32. The zero-order valence-electron chi connectivity index (χ0n) is 3.42. The van der Waals surface area contributed by atoms with Gasteiger partial charge in [0, 0.05) is 0 Å². The van der Waals surface area contributed by atoms with Gasteiger partial charge in [0.25, 0.3) is 6.26 Å². The van der Waals surface area contributed by atoms with Crippen LogP contribution in [0.1, 0.15) is 14.9 Å². The number of hydrogen-bond donors (Lipinski definition) is 0. The predicted octanol–water partition coefficient (Wildman–Crippen LogP) is 1.05. The maximum Gasteiger partial charge on any atom is 0.288 e. The smallest absolute Gasteiger partial charge is 0.288 e. The van der Waals surface area contributed by atoms with Crippen LogP contribution in [-0.2, 0) is 9.53 Å². The van der Waals surface area contributed by atoms with Gasteiger partial charge in [-0.3, -0.25) is 0 Å². The Morgan fingerprint density at radius 3 is 2.44 bits per heavy atom. The molecule has 0 aromatic heterocycles. The summed E-state index contributed by atoms with van der Waals surface area (Å²) < 4.78 is 3.95. The summed E-state index contributed by atoms with van der Waals surface area (Å²) in [6, 6.07) is 0. The number of nitriles is 1. The summed E-state index contributed by atoms with van der Waals surface area (Å²) in [5, 5.41) is 7.63. The van der Waals surface area contributed by atoms with Gasteiger partial charge >= 0.3 is 0 Å². The van der Waals surface area contributed by atoms with E-state index in [0.717, 1.165) is 0 Å². The second-order valence-corrected chi connectivity index (χ2v) is 0.614. The maximum atomic E-state index is 9.20. The molecule has 0 bridgehead atoms. The first-order valence-electron chi connectivity index (χ1n) is 1.46. The molecule has 0 heterocycles. The molecule has 0 fully saturated rings. The van der Waals surface area contributed by atoms with Gasteiger partial charge in [-0.25, -0.2) is 4.79 Å². The number of ether oxygens (including phenoxy) is 1. The fraction of sp³-hybridized carbons (Fsp3) is 0.600. The van der Waals surface area contributed by atoms with Crippen molar-refractivity contribution in [3.05, 3.63) is 0 Å². The molecule has 4 nitrogen and oxygen atoms in total. The van der Waals surface area contributed by atoms with Crippen LogP contribution in [0.2, 0.25) is 0 Å². The van der Waals surface area contributed by atoms with E-state index < -0.39 is 0 Å². The van der Waals surface area contributed by atoms with Crippen molar-refractivity contribution in [2.75, 3.05) is 6.73 Å². The molecule has 0 atom stereocenters. The van der Waals surface area contributed by atoms with Crippen molar-refractivity contribution in [2.45, 2.75) is 14.9 Å². The largest absolute Gasteiger partial charge is 0.403 e. The topological polar surface area (TPSA) is 62.4 Å². The molecule has 0 unspecified atom stereocenters. The Hall–Kier alpha value is -1.33. The normalized spacial score (nSPS) is 4.33. The molecule has 0 saturated carbocycles. The van der Waals surface area contributed by atoms with Gasteiger partial charge in [0.05, 0.1) is 0 Å². The third-order valence-corrected chi connectivity index (χ3v) is 0.258. The van der Waals surface area contributed by atoms with E-state index in [1.807, 2.05) is 0 Å². The third kappa shape index (κ3) is 20.4. The van der Waals surface area contributed by atoms with Gasteiger partial charge in [0.1, 0.15) is 0 Å². The lowest BCUT2D eigenvalue weighted by Crippen LogP contribution is -1.78. The van der Waals surface area contributed by atoms with Crippen molar-refractivity contribution in [3.63, 3.8) is 0 Å². The van der Waals surface area contributed by atoms with Gasteiger partial charge in [0.2, 0.25) is 12.8 Å². The number of hydrogen-bond acceptors (Lipinski definition) is 4. The molecule has 0 aromatic rings. The molecule has 4 heteroatoms. The SMILES string of the molecule is C.C.N#COCN=C=O. The molecule has 0 aliphatic rings. The lowest BCUT2D eigenvalue weighted by molar-refractivity contribution is 0.282. The zero-order valence-corrected chi connectivity index (χ0v) is 3.42. The highest BCUT2D eigenvalue weighted by Crippen LogP contribution is 1.65. The fourth-order valence-corrected chi connectivity index (χ4v) is 0.0875. The van der Waals surface area contributed by atoms with E-state index in [4.69, 9.17) is 5.26 Å². The van der Waals surface area contributed by atoms with Crippen LogP contribution in [0, 0.1) is 11.5 Å². The number of aliphatic imine (C=N–C) groups is 1. The Labute approximate surface area is 54.8 Å². The fourth-order valence-electron chi connectivity index (χ4n) is 0.0875. The Balaban J connectivity index is -0.000000180. The van der Waals surface area contributed by atoms with Crippen molar-refractivity contribution in [2.24, 2.45) is 4.99 Å². The van der Waals surface area contributed by atoms with Crippen molar-refractivity contribution >= 4 is 6.08 Å². The van der Waals surface area contributed by atoms with Crippen LogP contribution in [0.4, 0.5) is 0 Å². The summed E-state index contributed by atoms with van der Waals surface area (Å²) in [4.78, 5) is 12.1. The van der Waals surface area contributed by atoms with Crippen LogP contribution in [0.15, 0.2) is 4.99 Å². The summed E-state index contributed by atoms with van der Waals surface area (Å²) in [6.45, 7) is -0.222. The van der Waals surface area contributed by atoms with Crippen LogP contribution >= 0.6 is 0 Å². The molecule has 0 amide bonds. The molecule has 0 rings (SSSR count). The summed E-state index contributed by atoms with van der Waals surface area (Å²) in [5.74, 6) is 0. The second-order valence-electron chi connectivity index (χ2n) is 0.614. The molecule has 0 radical (unpaired) electrons. The van der Waals surface area contributed by atoms with E-state index in [9.17, 15) is 4.79 Å². The Morgan fingerprint density at radius 2 is 2.11 bits per heavy atom. The summed E-state index contributed by atoms with van der Waals surface area (Å²) >= 11 is 0. The highest BCUT2D eigenvalue weighted by atomic mass is 16.5. The summed E-state index contributed by atoms with van der Waals surface area (Å²) in [7, 11) is 0. The van der Waals surface area contributed by atoms with Crippen LogP contribution in [0.25, 0.3) is 0 Å². The van der Waals surface area contributed by atoms with Crippen LogP contribution in [-0.4, -0.2) is 12.8 Å². The van der Waals surface area contributed by atoms with Gasteiger partial charge in [0.15, 0.2) is 0 Å². The maximum absolute atomic E-state index is 9.20. The van der Waals surface area contributed by atoms with E-state index in [1.54, 1.807) is 0 Å². The number of isocyanates is 1. The first-order valence-corrected chi connectivity index (χ1v) is 1.46. The van der Waals surface area contributed by atoms with Gasteiger partial charge in [-0.15, -0.1) is 0 Å². The molecule has 0 spiro atoms. The monoisotopic (exact) mass is 130 g/mol. The third-order valence-electron chi connectivity index (χ3n) is 0.258. The van der Waals surface area contributed by atoms with E-state index in [0.29, 0.717) is 0 Å². The minimum absolute atomic E-state index is 0. The van der Waals surface area contributed by atoms with Gasteiger partial charge in [-0.05, 0) is 0 Å². The first-order chi connectivity index (χ1) is 3.41. The average Bonchev–Trinajstić information content (AvgIpc) is 1.69. The second kappa shape index (κ2) is 15.9. The molecular formula is C5H10N2O2. The number of carbonyl (C=O) groups excluding carboxylic acids is 1. The lowest BCUT2D eigenvalue weighted by atomic mass is 11.2. The zero-order chi connectivity index (χ0) is 5.54. The van der Waals surface area contributed by atoms with Crippen molar-refractivity contribution in [1.82, 2.24) is 0 Å². The minimum Gasteiger partial charge on any atom is -0.403 e. The molecule has 0 aliphatic heterocycles. The molecule has 0 aliphatic carbocycles. The Morgan fingerprint density at radius 1 is 1.56 bits per heavy atom. The number of rotatable bonds is 2. The van der Waals surface area contributed by atoms with E-state index in [1.165, 1.54) is 12.3 Å². The minimum atomic E-state index is -0.222. The van der Waals surface area contributed by atoms with E-state index >= 15 is 0 Å². The molecule has 52 valence electrons. The van der Waals surface area contributed by atoms with Gasteiger partial charge in [-0.2, -0.15) is 10.3 Å². The molecule has 0 saturated heterocycles. The molecular weight excluding hydrogens is 120 g/mol. The average molecular weight is 130 g/mol. The Bertz CT molecular complexity index is 121. The Kier molecular flexibility index (Phi) is 27.7. The molecule has 9 heavy (non-hydrogen) atoms. The van der Waals surface area contributed by atoms with Crippen molar-refractivity contribution in [1.29, 1.82) is 5.26 Å². The standard InChI is InChI=1S/C3H2N2O2.2CH4/c4-1-7-3-5-2-6;;/h3H2;2*1H4. The van der Waals surface area contributed by atoms with Crippen LogP contribution < -0.4 is 0 Å². The summed E-state index contributed by atoms with van der Waals surface area (Å²) in [6.07, 6.45) is 2.53. The lowest BCUT2D eigenvalue weighted by Gasteiger charge is -1.77. The van der Waals surface area contributed by atoms with Crippen LogP contribution in [0.5, 0.6) is 0 Å².